The maximum absolute atomic E-state index is 9.24. The summed E-state index contributed by atoms with van der Waals surface area (Å²) in [6, 6.07) is 0. The second-order valence-corrected chi connectivity index (χ2v) is 5.21. The lowest BCUT2D eigenvalue weighted by Crippen LogP contribution is -2.30. The third kappa shape index (κ3) is 1.44. The largest absolute Gasteiger partial charge is 0.396 e. The quantitative estimate of drug-likeness (QED) is 0.618. The summed E-state index contributed by atoms with van der Waals surface area (Å²) >= 11 is 0. The molecule has 0 atom stereocenters. The molecule has 1 N–H and O–H groups in total. The lowest BCUT2D eigenvalue weighted by molar-refractivity contribution is 0.0773. The molecule has 1 saturated carbocycles. The summed E-state index contributed by atoms with van der Waals surface area (Å²) in [6.07, 6.45) is 2.51. The Morgan fingerprint density at radius 3 is 1.64 bits per heavy atom. The van der Waals surface area contributed by atoms with E-state index in [1.165, 1.54) is 12.8 Å². The smallest absolute Gasteiger partial charge is 0.0469 e. The van der Waals surface area contributed by atoms with Crippen molar-refractivity contribution in [2.24, 2.45) is 16.7 Å². The van der Waals surface area contributed by atoms with Crippen LogP contribution in [0.3, 0.4) is 0 Å². The lowest BCUT2D eigenvalue weighted by Gasteiger charge is -2.33. The van der Waals surface area contributed by atoms with Crippen LogP contribution in [0.2, 0.25) is 0 Å². The highest BCUT2D eigenvalue weighted by Gasteiger charge is 2.46. The molecular formula is C10H20O. The summed E-state index contributed by atoms with van der Waals surface area (Å²) in [5.74, 6) is 0.481. The molecule has 0 spiro atoms. The maximum atomic E-state index is 9.24. The van der Waals surface area contributed by atoms with Crippen molar-refractivity contribution >= 4 is 0 Å². The van der Waals surface area contributed by atoms with Crippen molar-refractivity contribution in [3.05, 3.63) is 0 Å². The fourth-order valence-corrected chi connectivity index (χ4v) is 2.54. The van der Waals surface area contributed by atoms with Gasteiger partial charge in [-0.15, -0.1) is 0 Å². The molecule has 1 fully saturated rings. The van der Waals surface area contributed by atoms with Crippen molar-refractivity contribution in [3.8, 4) is 0 Å². The predicted octanol–water partition coefficient (Wildman–Crippen LogP) is 2.44. The molecular weight excluding hydrogens is 136 g/mol. The van der Waals surface area contributed by atoms with Gasteiger partial charge in [-0.3, -0.25) is 0 Å². The molecule has 0 amide bonds. The molecule has 1 aliphatic carbocycles. The molecule has 1 aliphatic rings. The highest BCUT2D eigenvalue weighted by Crippen LogP contribution is 2.53. The van der Waals surface area contributed by atoms with Gasteiger partial charge in [0.25, 0.3) is 0 Å². The highest BCUT2D eigenvalue weighted by atomic mass is 16.3. The topological polar surface area (TPSA) is 20.2 Å². The van der Waals surface area contributed by atoms with Gasteiger partial charge in [0.05, 0.1) is 0 Å². The van der Waals surface area contributed by atoms with Gasteiger partial charge in [-0.25, -0.2) is 0 Å². The van der Waals surface area contributed by atoms with Gasteiger partial charge >= 0.3 is 0 Å². The van der Waals surface area contributed by atoms with Gasteiger partial charge in [-0.05, 0) is 29.6 Å². The van der Waals surface area contributed by atoms with Gasteiger partial charge in [-0.2, -0.15) is 0 Å². The number of aliphatic hydroxyl groups is 1. The molecule has 1 rings (SSSR count). The molecule has 0 aromatic carbocycles. The zero-order chi connectivity index (χ0) is 8.70. The van der Waals surface area contributed by atoms with E-state index in [0.29, 0.717) is 23.4 Å². The molecule has 0 bridgehead atoms. The normalized spacial score (nSPS) is 29.2. The first-order chi connectivity index (χ1) is 4.90. The van der Waals surface area contributed by atoms with Crippen LogP contribution in [0.25, 0.3) is 0 Å². The van der Waals surface area contributed by atoms with E-state index in [-0.39, 0.29) is 0 Å². The van der Waals surface area contributed by atoms with Crippen molar-refractivity contribution in [1.82, 2.24) is 0 Å². The molecule has 0 unspecified atom stereocenters. The van der Waals surface area contributed by atoms with Gasteiger partial charge in [0.2, 0.25) is 0 Å². The minimum Gasteiger partial charge on any atom is -0.396 e. The molecule has 0 radical (unpaired) electrons. The van der Waals surface area contributed by atoms with Crippen LogP contribution in [0, 0.1) is 16.7 Å². The van der Waals surface area contributed by atoms with E-state index < -0.39 is 0 Å². The SMILES string of the molecule is CC1(C)CCC(C)(C)C1CO. The van der Waals surface area contributed by atoms with E-state index in [2.05, 4.69) is 27.7 Å². The summed E-state index contributed by atoms with van der Waals surface area (Å²) in [6.45, 7) is 9.41. The standard InChI is InChI=1S/C10H20O/c1-9(2)5-6-10(3,4)8(9)7-11/h8,11H,5-7H2,1-4H3. The Kier molecular flexibility index (Phi) is 2.04. The van der Waals surface area contributed by atoms with Gasteiger partial charge in [0, 0.05) is 6.61 Å². The van der Waals surface area contributed by atoms with Crippen molar-refractivity contribution in [2.75, 3.05) is 6.61 Å². The first-order valence-corrected chi connectivity index (χ1v) is 4.51. The van der Waals surface area contributed by atoms with Crippen LogP contribution in [0.15, 0.2) is 0 Å². The van der Waals surface area contributed by atoms with Gasteiger partial charge < -0.3 is 5.11 Å². The molecule has 66 valence electrons. The third-order valence-corrected chi connectivity index (χ3v) is 3.48. The Morgan fingerprint density at radius 2 is 1.45 bits per heavy atom. The molecule has 11 heavy (non-hydrogen) atoms. The fraction of sp³-hybridized carbons (Fsp3) is 1.00. The third-order valence-electron chi connectivity index (χ3n) is 3.48. The molecule has 0 aromatic rings. The number of aliphatic hydroxyl groups excluding tert-OH is 1. The van der Waals surface area contributed by atoms with Crippen LogP contribution in [0.4, 0.5) is 0 Å². The average Bonchev–Trinajstić information content (AvgIpc) is 2.03. The summed E-state index contributed by atoms with van der Waals surface area (Å²) in [5.41, 5.74) is 0.691. The molecule has 1 nitrogen and oxygen atoms in total. The monoisotopic (exact) mass is 156 g/mol. The van der Waals surface area contributed by atoms with Crippen LogP contribution >= 0.6 is 0 Å². The molecule has 0 heterocycles. The fourth-order valence-electron chi connectivity index (χ4n) is 2.54. The van der Waals surface area contributed by atoms with Gasteiger partial charge in [-0.1, -0.05) is 27.7 Å². The first-order valence-electron chi connectivity index (χ1n) is 4.51. The first kappa shape index (κ1) is 9.05. The number of rotatable bonds is 1. The highest BCUT2D eigenvalue weighted by molar-refractivity contribution is 4.95. The minimum absolute atomic E-state index is 0.345. The van der Waals surface area contributed by atoms with Crippen LogP contribution < -0.4 is 0 Å². The van der Waals surface area contributed by atoms with Crippen molar-refractivity contribution in [3.63, 3.8) is 0 Å². The van der Waals surface area contributed by atoms with E-state index in [1.54, 1.807) is 0 Å². The zero-order valence-electron chi connectivity index (χ0n) is 8.15. The Bertz CT molecular complexity index is 131. The van der Waals surface area contributed by atoms with Crippen molar-refractivity contribution in [1.29, 1.82) is 0 Å². The minimum atomic E-state index is 0.345. The molecule has 0 aromatic heterocycles. The van der Waals surface area contributed by atoms with Crippen LogP contribution in [-0.4, -0.2) is 11.7 Å². The second kappa shape index (κ2) is 2.48. The average molecular weight is 156 g/mol. The summed E-state index contributed by atoms with van der Waals surface area (Å²) < 4.78 is 0. The van der Waals surface area contributed by atoms with E-state index in [0.717, 1.165) is 0 Å². The van der Waals surface area contributed by atoms with Crippen LogP contribution in [0.5, 0.6) is 0 Å². The van der Waals surface area contributed by atoms with Gasteiger partial charge in [0.1, 0.15) is 0 Å². The summed E-state index contributed by atoms with van der Waals surface area (Å²) in [4.78, 5) is 0. The Morgan fingerprint density at radius 1 is 1.09 bits per heavy atom. The predicted molar refractivity (Wildman–Crippen MR) is 47.4 cm³/mol. The zero-order valence-corrected chi connectivity index (χ0v) is 8.15. The van der Waals surface area contributed by atoms with Crippen LogP contribution in [-0.2, 0) is 0 Å². The number of hydrogen-bond acceptors (Lipinski definition) is 1. The maximum Gasteiger partial charge on any atom is 0.0469 e. The summed E-state index contributed by atoms with van der Waals surface area (Å²) in [5, 5.41) is 9.24. The van der Waals surface area contributed by atoms with E-state index in [4.69, 9.17) is 0 Å². The summed E-state index contributed by atoms with van der Waals surface area (Å²) in [7, 11) is 0. The van der Waals surface area contributed by atoms with Crippen LogP contribution in [0.1, 0.15) is 40.5 Å². The lowest BCUT2D eigenvalue weighted by atomic mass is 9.73. The Labute approximate surface area is 69.8 Å². The molecule has 0 aliphatic heterocycles. The Hall–Kier alpha value is -0.0400. The van der Waals surface area contributed by atoms with Crippen molar-refractivity contribution < 1.29 is 5.11 Å². The van der Waals surface area contributed by atoms with E-state index in [1.807, 2.05) is 0 Å². The second-order valence-electron chi connectivity index (χ2n) is 5.21. The van der Waals surface area contributed by atoms with E-state index in [9.17, 15) is 5.11 Å². The molecule has 1 heteroatoms. The van der Waals surface area contributed by atoms with Crippen molar-refractivity contribution in [2.45, 2.75) is 40.5 Å². The number of hydrogen-bond donors (Lipinski definition) is 1. The Balaban J connectivity index is 2.80. The van der Waals surface area contributed by atoms with Gasteiger partial charge in [0.15, 0.2) is 0 Å². The van der Waals surface area contributed by atoms with E-state index >= 15 is 0 Å². The molecule has 0 saturated heterocycles.